The molecule has 0 spiro atoms. The smallest absolute Gasteiger partial charge is 0.239 e. The molecule has 0 aromatic heterocycles. The maximum absolute atomic E-state index is 12.4. The topological polar surface area (TPSA) is 46.3 Å². The number of hydrogen-bond donors (Lipinski definition) is 1. The number of carbonyl (C=O) groups excluding carboxylic acids is 1. The molecule has 0 aliphatic carbocycles. The first-order valence-electron chi connectivity index (χ1n) is 8.20. The van der Waals surface area contributed by atoms with Crippen LogP contribution >= 0.6 is 0 Å². The van der Waals surface area contributed by atoms with Gasteiger partial charge in [0.2, 0.25) is 5.91 Å². The van der Waals surface area contributed by atoms with Crippen LogP contribution in [0.3, 0.4) is 0 Å². The standard InChI is InChI=1S/C18H28N2O/c1-3-14(2)17(19)18(21)20-11-9-16(10-12-20)13-15-7-5-4-6-8-15/h4-8,14,16-17H,3,9-13,19H2,1-2H3/t14-,17-/m1/s1. The third kappa shape index (κ3) is 4.31. The molecule has 1 aromatic carbocycles. The van der Waals surface area contributed by atoms with E-state index in [9.17, 15) is 4.79 Å². The van der Waals surface area contributed by atoms with Crippen LogP contribution in [0.4, 0.5) is 0 Å². The zero-order valence-electron chi connectivity index (χ0n) is 13.3. The molecule has 2 N–H and O–H groups in total. The molecular formula is C18H28N2O. The van der Waals surface area contributed by atoms with Gasteiger partial charge in [0.15, 0.2) is 0 Å². The van der Waals surface area contributed by atoms with Gasteiger partial charge in [-0.05, 0) is 36.7 Å². The number of nitrogens with zero attached hydrogens (tertiary/aromatic N) is 1. The van der Waals surface area contributed by atoms with Crippen LogP contribution < -0.4 is 5.73 Å². The van der Waals surface area contributed by atoms with Crippen molar-refractivity contribution in [1.29, 1.82) is 0 Å². The first-order chi connectivity index (χ1) is 10.1. The predicted octanol–water partition coefficient (Wildman–Crippen LogP) is 2.84. The fourth-order valence-electron chi connectivity index (χ4n) is 3.01. The Morgan fingerprint density at radius 1 is 1.29 bits per heavy atom. The van der Waals surface area contributed by atoms with E-state index in [1.165, 1.54) is 5.56 Å². The van der Waals surface area contributed by atoms with Crippen LogP contribution in [-0.2, 0) is 11.2 Å². The zero-order valence-corrected chi connectivity index (χ0v) is 13.3. The van der Waals surface area contributed by atoms with Gasteiger partial charge in [0.25, 0.3) is 0 Å². The molecule has 0 bridgehead atoms. The fraction of sp³-hybridized carbons (Fsp3) is 0.611. The molecule has 1 fully saturated rings. The number of likely N-dealkylation sites (tertiary alicyclic amines) is 1. The highest BCUT2D eigenvalue weighted by Crippen LogP contribution is 2.22. The van der Waals surface area contributed by atoms with Crippen molar-refractivity contribution in [3.05, 3.63) is 35.9 Å². The van der Waals surface area contributed by atoms with Gasteiger partial charge in [-0.3, -0.25) is 4.79 Å². The molecule has 116 valence electrons. The summed E-state index contributed by atoms with van der Waals surface area (Å²) in [5, 5.41) is 0. The van der Waals surface area contributed by atoms with E-state index < -0.39 is 0 Å². The van der Waals surface area contributed by atoms with Gasteiger partial charge < -0.3 is 10.6 Å². The Morgan fingerprint density at radius 2 is 1.90 bits per heavy atom. The van der Waals surface area contributed by atoms with E-state index in [1.807, 2.05) is 4.90 Å². The molecule has 0 unspecified atom stereocenters. The van der Waals surface area contributed by atoms with Crippen LogP contribution in [0.1, 0.15) is 38.7 Å². The second-order valence-corrected chi connectivity index (χ2v) is 6.37. The van der Waals surface area contributed by atoms with E-state index in [4.69, 9.17) is 5.73 Å². The van der Waals surface area contributed by atoms with Crippen molar-refractivity contribution in [3.8, 4) is 0 Å². The lowest BCUT2D eigenvalue weighted by Gasteiger charge is -2.34. The summed E-state index contributed by atoms with van der Waals surface area (Å²) in [7, 11) is 0. The molecule has 3 heteroatoms. The van der Waals surface area contributed by atoms with E-state index in [0.29, 0.717) is 5.92 Å². The summed E-state index contributed by atoms with van der Waals surface area (Å²) in [5.74, 6) is 1.10. The third-order valence-corrected chi connectivity index (χ3v) is 4.84. The van der Waals surface area contributed by atoms with Gasteiger partial charge in [0.1, 0.15) is 0 Å². The molecule has 21 heavy (non-hydrogen) atoms. The third-order valence-electron chi connectivity index (χ3n) is 4.84. The first kappa shape index (κ1) is 16.0. The minimum Gasteiger partial charge on any atom is -0.341 e. The van der Waals surface area contributed by atoms with Crippen molar-refractivity contribution < 1.29 is 4.79 Å². The largest absolute Gasteiger partial charge is 0.341 e. The van der Waals surface area contributed by atoms with Crippen molar-refractivity contribution >= 4 is 5.91 Å². The molecular weight excluding hydrogens is 260 g/mol. The van der Waals surface area contributed by atoms with E-state index in [-0.39, 0.29) is 17.9 Å². The SMILES string of the molecule is CC[C@@H](C)[C@@H](N)C(=O)N1CCC(Cc2ccccc2)CC1. The molecule has 2 atom stereocenters. The van der Waals surface area contributed by atoms with Crippen LogP contribution in [0.5, 0.6) is 0 Å². The Labute approximate surface area is 128 Å². The van der Waals surface area contributed by atoms with Gasteiger partial charge in [-0.1, -0.05) is 50.6 Å². The molecule has 1 aliphatic heterocycles. The summed E-state index contributed by atoms with van der Waals surface area (Å²) < 4.78 is 0. The van der Waals surface area contributed by atoms with Gasteiger partial charge in [-0.15, -0.1) is 0 Å². The monoisotopic (exact) mass is 288 g/mol. The Balaban J connectivity index is 1.81. The van der Waals surface area contributed by atoms with Crippen molar-refractivity contribution in [2.24, 2.45) is 17.6 Å². The van der Waals surface area contributed by atoms with Gasteiger partial charge in [0, 0.05) is 13.1 Å². The lowest BCUT2D eigenvalue weighted by atomic mass is 9.89. The highest BCUT2D eigenvalue weighted by Gasteiger charge is 2.28. The summed E-state index contributed by atoms with van der Waals surface area (Å²) in [4.78, 5) is 14.3. The maximum atomic E-state index is 12.4. The zero-order chi connectivity index (χ0) is 15.2. The molecule has 0 radical (unpaired) electrons. The molecule has 1 aromatic rings. The highest BCUT2D eigenvalue weighted by atomic mass is 16.2. The number of nitrogens with two attached hydrogens (primary N) is 1. The summed E-state index contributed by atoms with van der Waals surface area (Å²) in [6, 6.07) is 10.3. The number of hydrogen-bond acceptors (Lipinski definition) is 2. The van der Waals surface area contributed by atoms with Crippen LogP contribution in [0, 0.1) is 11.8 Å². The lowest BCUT2D eigenvalue weighted by Crippen LogP contribution is -2.49. The predicted molar refractivity (Wildman–Crippen MR) is 86.9 cm³/mol. The summed E-state index contributed by atoms with van der Waals surface area (Å²) >= 11 is 0. The molecule has 1 amide bonds. The number of carbonyl (C=O) groups is 1. The number of rotatable bonds is 5. The van der Waals surface area contributed by atoms with Gasteiger partial charge in [-0.2, -0.15) is 0 Å². The maximum Gasteiger partial charge on any atom is 0.239 e. The Bertz CT molecular complexity index is 438. The minimum atomic E-state index is -0.333. The van der Waals surface area contributed by atoms with Crippen molar-refractivity contribution in [3.63, 3.8) is 0 Å². The average Bonchev–Trinajstić information content (AvgIpc) is 2.54. The average molecular weight is 288 g/mol. The summed E-state index contributed by atoms with van der Waals surface area (Å²) in [6.07, 6.45) is 4.26. The van der Waals surface area contributed by atoms with Crippen LogP contribution in [-0.4, -0.2) is 29.9 Å². The molecule has 1 aliphatic rings. The lowest BCUT2D eigenvalue weighted by molar-refractivity contribution is -0.135. The molecule has 0 saturated carbocycles. The number of amides is 1. The van der Waals surface area contributed by atoms with E-state index in [0.717, 1.165) is 38.8 Å². The van der Waals surface area contributed by atoms with Gasteiger partial charge >= 0.3 is 0 Å². The van der Waals surface area contributed by atoms with Gasteiger partial charge in [-0.25, -0.2) is 0 Å². The molecule has 1 heterocycles. The van der Waals surface area contributed by atoms with Crippen molar-refractivity contribution in [2.45, 2.75) is 45.6 Å². The highest BCUT2D eigenvalue weighted by molar-refractivity contribution is 5.82. The Hall–Kier alpha value is -1.35. The van der Waals surface area contributed by atoms with Crippen LogP contribution in [0.15, 0.2) is 30.3 Å². The quantitative estimate of drug-likeness (QED) is 0.905. The first-order valence-corrected chi connectivity index (χ1v) is 8.20. The van der Waals surface area contributed by atoms with E-state index in [2.05, 4.69) is 44.2 Å². The summed E-state index contributed by atoms with van der Waals surface area (Å²) in [6.45, 7) is 5.87. The number of benzene rings is 1. The Morgan fingerprint density at radius 3 is 2.48 bits per heavy atom. The van der Waals surface area contributed by atoms with Crippen LogP contribution in [0.25, 0.3) is 0 Å². The molecule has 2 rings (SSSR count). The van der Waals surface area contributed by atoms with Gasteiger partial charge in [0.05, 0.1) is 6.04 Å². The van der Waals surface area contributed by atoms with E-state index >= 15 is 0 Å². The van der Waals surface area contributed by atoms with Crippen molar-refractivity contribution in [2.75, 3.05) is 13.1 Å². The van der Waals surface area contributed by atoms with E-state index in [1.54, 1.807) is 0 Å². The fourth-order valence-corrected chi connectivity index (χ4v) is 3.01. The van der Waals surface area contributed by atoms with Crippen molar-refractivity contribution in [1.82, 2.24) is 4.90 Å². The normalized spacial score (nSPS) is 19.3. The number of piperidine rings is 1. The van der Waals surface area contributed by atoms with Crippen LogP contribution in [0.2, 0.25) is 0 Å². The minimum absolute atomic E-state index is 0.141. The molecule has 1 saturated heterocycles. The summed E-state index contributed by atoms with van der Waals surface area (Å²) in [5.41, 5.74) is 7.47. The Kier molecular flexibility index (Phi) is 5.80. The molecule has 3 nitrogen and oxygen atoms in total. The second-order valence-electron chi connectivity index (χ2n) is 6.37. The second kappa shape index (κ2) is 7.60.